The van der Waals surface area contributed by atoms with Gasteiger partial charge in [0.25, 0.3) is 0 Å². The Kier molecular flexibility index (Phi) is 1.71. The number of fused-ring (bicyclic) bond motifs is 1. The summed E-state index contributed by atoms with van der Waals surface area (Å²) >= 11 is 5.89. The molecule has 2 unspecified atom stereocenters. The van der Waals surface area contributed by atoms with E-state index in [9.17, 15) is 0 Å². The Labute approximate surface area is 66.8 Å². The highest BCUT2D eigenvalue weighted by molar-refractivity contribution is 6.13. The Morgan fingerprint density at radius 1 is 1.10 bits per heavy atom. The topological polar surface area (TPSA) is 3.24 Å². The molecule has 1 fully saturated rings. The van der Waals surface area contributed by atoms with Gasteiger partial charge in [-0.2, -0.15) is 0 Å². The maximum absolute atomic E-state index is 5.89. The van der Waals surface area contributed by atoms with E-state index >= 15 is 0 Å². The maximum atomic E-state index is 5.89. The molecule has 0 N–H and O–H groups in total. The van der Waals surface area contributed by atoms with Crippen LogP contribution in [-0.2, 0) is 0 Å². The number of rotatable bonds is 0. The van der Waals surface area contributed by atoms with Gasteiger partial charge in [0.15, 0.2) is 0 Å². The predicted octanol–water partition coefficient (Wildman–Crippen LogP) is 2.04. The zero-order valence-corrected chi connectivity index (χ0v) is 6.72. The van der Waals surface area contributed by atoms with E-state index in [2.05, 4.69) is 12.2 Å². The minimum Gasteiger partial charge on any atom is -0.220 e. The first-order valence-electron chi connectivity index (χ1n) is 3.92. The van der Waals surface area contributed by atoms with E-state index in [-0.39, 0.29) is 0 Å². The van der Waals surface area contributed by atoms with E-state index in [1.165, 1.54) is 12.8 Å². The fraction of sp³-hybridized carbons (Fsp3) is 0.750. The zero-order chi connectivity index (χ0) is 6.97. The van der Waals surface area contributed by atoms with Gasteiger partial charge in [-0.25, -0.2) is 4.42 Å². The van der Waals surface area contributed by atoms with Crippen LogP contribution in [0.15, 0.2) is 12.2 Å². The van der Waals surface area contributed by atoms with Crippen LogP contribution in [0.3, 0.4) is 0 Å². The van der Waals surface area contributed by atoms with Gasteiger partial charge in [-0.05, 0) is 36.5 Å². The smallest absolute Gasteiger partial charge is 0.0173 e. The second-order valence-corrected chi connectivity index (χ2v) is 3.77. The molecule has 1 saturated heterocycles. The largest absolute Gasteiger partial charge is 0.220 e. The third-order valence-corrected chi connectivity index (χ3v) is 2.85. The van der Waals surface area contributed by atoms with Crippen molar-refractivity contribution in [3.05, 3.63) is 12.2 Å². The van der Waals surface area contributed by atoms with Crippen LogP contribution < -0.4 is 0 Å². The lowest BCUT2D eigenvalue weighted by Crippen LogP contribution is -2.13. The predicted molar refractivity (Wildman–Crippen MR) is 42.8 cm³/mol. The Hall–Kier alpha value is -0.0100. The van der Waals surface area contributed by atoms with E-state index in [1.54, 1.807) is 0 Å². The molecule has 0 aromatic rings. The molecule has 0 spiro atoms. The summed E-state index contributed by atoms with van der Waals surface area (Å²) in [6, 6.07) is 0. The lowest BCUT2D eigenvalue weighted by atomic mass is 9.86. The summed E-state index contributed by atoms with van der Waals surface area (Å²) in [7, 11) is 0. The summed E-state index contributed by atoms with van der Waals surface area (Å²) in [4.78, 5) is 0. The molecule has 56 valence electrons. The number of allylic oxidation sites excluding steroid dienone is 2. The lowest BCUT2D eigenvalue weighted by Gasteiger charge is -2.18. The highest BCUT2D eigenvalue weighted by Crippen LogP contribution is 2.33. The fourth-order valence-electron chi connectivity index (χ4n) is 1.96. The van der Waals surface area contributed by atoms with Crippen molar-refractivity contribution in [2.24, 2.45) is 11.8 Å². The van der Waals surface area contributed by atoms with Crippen LogP contribution in [0.5, 0.6) is 0 Å². The molecular formula is C8H12ClN. The van der Waals surface area contributed by atoms with Crippen molar-refractivity contribution in [1.29, 1.82) is 0 Å². The van der Waals surface area contributed by atoms with Gasteiger partial charge in [0, 0.05) is 13.1 Å². The van der Waals surface area contributed by atoms with Crippen LogP contribution in [0.25, 0.3) is 0 Å². The molecule has 2 atom stereocenters. The van der Waals surface area contributed by atoms with Crippen LogP contribution in [0.1, 0.15) is 12.8 Å². The summed E-state index contributed by atoms with van der Waals surface area (Å²) < 4.78 is 1.93. The summed E-state index contributed by atoms with van der Waals surface area (Å²) in [5.74, 6) is 1.70. The van der Waals surface area contributed by atoms with Crippen molar-refractivity contribution in [2.45, 2.75) is 12.8 Å². The van der Waals surface area contributed by atoms with Crippen LogP contribution in [0.4, 0.5) is 0 Å². The summed E-state index contributed by atoms with van der Waals surface area (Å²) in [5.41, 5.74) is 0. The molecule has 10 heavy (non-hydrogen) atoms. The molecule has 1 heterocycles. The molecule has 1 aliphatic heterocycles. The third kappa shape index (κ3) is 1.08. The molecule has 0 bridgehead atoms. The zero-order valence-electron chi connectivity index (χ0n) is 5.96. The Morgan fingerprint density at radius 3 is 2.10 bits per heavy atom. The average Bonchev–Trinajstić information content (AvgIpc) is 2.27. The number of halogens is 1. The van der Waals surface area contributed by atoms with Crippen molar-refractivity contribution in [3.8, 4) is 0 Å². The van der Waals surface area contributed by atoms with Crippen LogP contribution in [0, 0.1) is 11.8 Å². The van der Waals surface area contributed by atoms with Gasteiger partial charge in [0.2, 0.25) is 0 Å². The summed E-state index contributed by atoms with van der Waals surface area (Å²) in [6.07, 6.45) is 7.07. The summed E-state index contributed by atoms with van der Waals surface area (Å²) in [5, 5.41) is 0. The molecule has 2 rings (SSSR count). The van der Waals surface area contributed by atoms with Gasteiger partial charge < -0.3 is 0 Å². The van der Waals surface area contributed by atoms with Gasteiger partial charge in [-0.15, -0.1) is 0 Å². The van der Waals surface area contributed by atoms with Crippen LogP contribution >= 0.6 is 11.8 Å². The number of hydrogen-bond acceptors (Lipinski definition) is 1. The van der Waals surface area contributed by atoms with E-state index in [4.69, 9.17) is 11.8 Å². The first-order valence-corrected chi connectivity index (χ1v) is 4.26. The van der Waals surface area contributed by atoms with Crippen molar-refractivity contribution in [1.82, 2.24) is 4.42 Å². The molecule has 1 aliphatic carbocycles. The van der Waals surface area contributed by atoms with Gasteiger partial charge in [0.1, 0.15) is 0 Å². The number of nitrogens with zero attached hydrogens (tertiary/aromatic N) is 1. The molecule has 0 aromatic carbocycles. The standard InChI is InChI=1S/C8H12ClN/c9-10-5-7-3-1-2-4-8(7)6-10/h1-2,7-8H,3-6H2. The Balaban J connectivity index is 2.05. The Morgan fingerprint density at radius 2 is 1.60 bits per heavy atom. The van der Waals surface area contributed by atoms with E-state index in [0.717, 1.165) is 24.9 Å². The van der Waals surface area contributed by atoms with Gasteiger partial charge in [-0.1, -0.05) is 12.2 Å². The van der Waals surface area contributed by atoms with E-state index in [0.29, 0.717) is 0 Å². The first-order chi connectivity index (χ1) is 4.86. The number of hydrogen-bond donors (Lipinski definition) is 0. The molecule has 2 aliphatic rings. The lowest BCUT2D eigenvalue weighted by molar-refractivity contribution is 0.411. The van der Waals surface area contributed by atoms with Crippen molar-refractivity contribution < 1.29 is 0 Å². The molecule has 0 amide bonds. The first kappa shape index (κ1) is 6.68. The van der Waals surface area contributed by atoms with E-state index < -0.39 is 0 Å². The molecule has 0 saturated carbocycles. The van der Waals surface area contributed by atoms with Gasteiger partial charge in [0.05, 0.1) is 0 Å². The normalized spacial score (nSPS) is 40.1. The SMILES string of the molecule is ClN1CC2CC=CCC2C1. The summed E-state index contributed by atoms with van der Waals surface area (Å²) in [6.45, 7) is 2.19. The Bertz CT molecular complexity index is 139. The minimum absolute atomic E-state index is 0.850. The fourth-order valence-corrected chi connectivity index (χ4v) is 2.31. The van der Waals surface area contributed by atoms with Crippen LogP contribution in [-0.4, -0.2) is 17.5 Å². The maximum Gasteiger partial charge on any atom is 0.0173 e. The van der Waals surface area contributed by atoms with Crippen molar-refractivity contribution >= 4 is 11.8 Å². The molecule has 0 radical (unpaired) electrons. The second-order valence-electron chi connectivity index (χ2n) is 3.29. The average molecular weight is 158 g/mol. The van der Waals surface area contributed by atoms with Gasteiger partial charge >= 0.3 is 0 Å². The van der Waals surface area contributed by atoms with E-state index in [1.807, 2.05) is 4.42 Å². The highest BCUT2D eigenvalue weighted by Gasteiger charge is 2.31. The minimum atomic E-state index is 0.850. The molecular weight excluding hydrogens is 146 g/mol. The second kappa shape index (κ2) is 2.55. The van der Waals surface area contributed by atoms with Crippen molar-refractivity contribution in [3.63, 3.8) is 0 Å². The van der Waals surface area contributed by atoms with Gasteiger partial charge in [-0.3, -0.25) is 0 Å². The van der Waals surface area contributed by atoms with Crippen molar-refractivity contribution in [2.75, 3.05) is 13.1 Å². The molecule has 1 nitrogen and oxygen atoms in total. The van der Waals surface area contributed by atoms with Crippen LogP contribution in [0.2, 0.25) is 0 Å². The molecule has 0 aromatic heterocycles. The highest BCUT2D eigenvalue weighted by atomic mass is 35.5. The monoisotopic (exact) mass is 157 g/mol. The molecule has 2 heteroatoms. The third-order valence-electron chi connectivity index (χ3n) is 2.58. The quantitative estimate of drug-likeness (QED) is 0.384.